The molecule has 0 fully saturated rings. The van der Waals surface area contributed by atoms with Crippen molar-refractivity contribution in [3.8, 4) is 28.7 Å². The van der Waals surface area contributed by atoms with E-state index in [0.29, 0.717) is 72.4 Å². The maximum Gasteiger partial charge on any atom is 0.337 e. The zero-order valence-corrected chi connectivity index (χ0v) is 29.0. The van der Waals surface area contributed by atoms with E-state index in [0.717, 1.165) is 11.1 Å². The summed E-state index contributed by atoms with van der Waals surface area (Å²) in [5, 5.41) is 0. The van der Waals surface area contributed by atoms with Crippen LogP contribution in [0.4, 0.5) is 0 Å². The average Bonchev–Trinajstić information content (AvgIpc) is 3.64. The molecular weight excluding hydrogens is 744 g/mol. The average molecular weight is 772 g/mol. The minimum atomic E-state index is -0.786. The van der Waals surface area contributed by atoms with Crippen molar-refractivity contribution < 1.29 is 33.2 Å². The van der Waals surface area contributed by atoms with E-state index in [1.54, 1.807) is 18.2 Å². The van der Waals surface area contributed by atoms with Crippen LogP contribution in [-0.2, 0) is 16.1 Å². The fraction of sp³-hybridized carbons (Fsp3) is 0.242. The van der Waals surface area contributed by atoms with Crippen molar-refractivity contribution in [2.45, 2.75) is 26.5 Å². The fourth-order valence-corrected chi connectivity index (χ4v) is 7.55. The van der Waals surface area contributed by atoms with Crippen molar-refractivity contribution in [2.24, 2.45) is 4.99 Å². The number of carbonyl (C=O) groups is 1. The second-order valence-electron chi connectivity index (χ2n) is 10.0. The van der Waals surface area contributed by atoms with Gasteiger partial charge in [-0.2, -0.15) is 0 Å². The first-order valence-corrected chi connectivity index (χ1v) is 16.7. The number of aromatic nitrogens is 1. The number of carbonyl (C=O) groups excluding carboxylic acids is 1. The Kier molecular flexibility index (Phi) is 9.52. The number of esters is 1. The van der Waals surface area contributed by atoms with Crippen LogP contribution in [0, 0.1) is 0 Å². The summed E-state index contributed by atoms with van der Waals surface area (Å²) in [7, 11) is 1.30. The highest BCUT2D eigenvalue weighted by atomic mass is 79.9. The molecule has 1 aromatic heterocycles. The highest BCUT2D eigenvalue weighted by molar-refractivity contribution is 9.11. The number of thiazole rings is 1. The number of nitrogens with zero attached hydrogens (tertiary/aromatic N) is 2. The Bertz CT molecular complexity index is 2010. The molecule has 0 unspecified atom stereocenters. The normalized spacial score (nSPS) is 15.1. The molecule has 0 aliphatic carbocycles. The Morgan fingerprint density at radius 3 is 2.48 bits per heavy atom. The van der Waals surface area contributed by atoms with Gasteiger partial charge in [0, 0.05) is 6.20 Å². The lowest BCUT2D eigenvalue weighted by molar-refractivity contribution is -0.136. The van der Waals surface area contributed by atoms with Crippen LogP contribution in [0.2, 0.25) is 0 Å². The monoisotopic (exact) mass is 770 g/mol. The van der Waals surface area contributed by atoms with Crippen LogP contribution in [0.3, 0.4) is 0 Å². The van der Waals surface area contributed by atoms with Gasteiger partial charge in [-0.3, -0.25) is 9.36 Å². The first-order valence-electron chi connectivity index (χ1n) is 14.3. The van der Waals surface area contributed by atoms with Gasteiger partial charge in [0.2, 0.25) is 6.79 Å². The van der Waals surface area contributed by atoms with Gasteiger partial charge < -0.3 is 28.4 Å². The molecule has 3 heterocycles. The van der Waals surface area contributed by atoms with E-state index in [-0.39, 0.29) is 17.9 Å². The first kappa shape index (κ1) is 31.9. The quantitative estimate of drug-likeness (QED) is 0.191. The van der Waals surface area contributed by atoms with Gasteiger partial charge in [-0.05, 0) is 105 Å². The molecule has 3 aromatic carbocycles. The largest absolute Gasteiger partial charge is 0.490 e. The van der Waals surface area contributed by atoms with E-state index in [9.17, 15) is 9.59 Å². The van der Waals surface area contributed by atoms with Crippen molar-refractivity contribution in [3.05, 3.63) is 106 Å². The smallest absolute Gasteiger partial charge is 0.337 e. The molecular formula is C33H28Br2N2O8S. The van der Waals surface area contributed by atoms with Crippen molar-refractivity contribution >= 4 is 55.2 Å². The molecule has 0 radical (unpaired) electrons. The maximum atomic E-state index is 14.0. The number of rotatable bonds is 10. The lowest BCUT2D eigenvalue weighted by atomic mass is 9.97. The Hall–Kier alpha value is -4.07. The van der Waals surface area contributed by atoms with Crippen LogP contribution in [0.1, 0.15) is 36.6 Å². The molecule has 2 aliphatic rings. The van der Waals surface area contributed by atoms with Gasteiger partial charge >= 0.3 is 5.97 Å². The molecule has 0 spiro atoms. The summed E-state index contributed by atoms with van der Waals surface area (Å²) in [4.78, 5) is 31.8. The highest BCUT2D eigenvalue weighted by Gasteiger charge is 2.31. The first-order chi connectivity index (χ1) is 22.3. The van der Waals surface area contributed by atoms with E-state index in [1.165, 1.54) is 29.2 Å². The van der Waals surface area contributed by atoms with Crippen molar-refractivity contribution in [3.63, 3.8) is 0 Å². The van der Waals surface area contributed by atoms with Crippen LogP contribution < -0.4 is 38.6 Å². The van der Waals surface area contributed by atoms with Gasteiger partial charge in [-0.1, -0.05) is 23.5 Å². The maximum absolute atomic E-state index is 14.0. The number of hydrogen-bond donors (Lipinski definition) is 0. The molecule has 0 N–H and O–H groups in total. The number of ether oxygens (including phenoxy) is 6. The molecule has 4 aromatic rings. The van der Waals surface area contributed by atoms with Gasteiger partial charge in [-0.15, -0.1) is 0 Å². The van der Waals surface area contributed by atoms with Crippen LogP contribution >= 0.6 is 43.2 Å². The topological polar surface area (TPSA) is 107 Å². The summed E-state index contributed by atoms with van der Waals surface area (Å²) in [6.45, 7) is 5.16. The van der Waals surface area contributed by atoms with Crippen molar-refractivity contribution in [1.29, 1.82) is 0 Å². The van der Waals surface area contributed by atoms with Gasteiger partial charge in [0.25, 0.3) is 5.56 Å². The fourth-order valence-electron chi connectivity index (χ4n) is 5.13. The van der Waals surface area contributed by atoms with Crippen LogP contribution in [-0.4, -0.2) is 37.7 Å². The van der Waals surface area contributed by atoms with Gasteiger partial charge in [0.05, 0.1) is 45.4 Å². The van der Waals surface area contributed by atoms with Gasteiger partial charge in [0.1, 0.15) is 12.4 Å². The standard InChI is InChI=1S/C33H28Br2N2O8S/c1-4-41-24-9-7-20(14-27(24)42-5-2)29-21(32(39)40-3)15-36-33-37(29)31(38)28(46-33)13-19-10-22(34)30(23(35)11-19)43-16-18-6-8-25-26(12-18)45-17-44-25/h6-15,29H,4-5,16-17H2,1-3H3/b28-13-/t29-/m1/s1. The second kappa shape index (κ2) is 13.7. The summed E-state index contributed by atoms with van der Waals surface area (Å²) in [5.74, 6) is 2.51. The molecule has 13 heteroatoms. The minimum absolute atomic E-state index is 0.208. The molecule has 0 amide bonds. The third kappa shape index (κ3) is 6.31. The van der Waals surface area contributed by atoms with E-state index in [1.807, 2.05) is 50.2 Å². The summed E-state index contributed by atoms with van der Waals surface area (Å²) >= 11 is 8.46. The molecule has 238 valence electrons. The van der Waals surface area contributed by atoms with E-state index in [4.69, 9.17) is 28.4 Å². The number of benzene rings is 3. The Balaban J connectivity index is 1.34. The molecule has 10 nitrogen and oxygen atoms in total. The van der Waals surface area contributed by atoms with Gasteiger partial charge in [-0.25, -0.2) is 9.79 Å². The predicted molar refractivity (Wildman–Crippen MR) is 179 cm³/mol. The molecule has 0 bridgehead atoms. The van der Waals surface area contributed by atoms with E-state index < -0.39 is 12.0 Å². The molecule has 6 rings (SSSR count). The van der Waals surface area contributed by atoms with Crippen LogP contribution in [0.5, 0.6) is 28.7 Å². The zero-order chi connectivity index (χ0) is 32.4. The lowest BCUT2D eigenvalue weighted by Gasteiger charge is -2.23. The highest BCUT2D eigenvalue weighted by Crippen LogP contribution is 2.38. The summed E-state index contributed by atoms with van der Waals surface area (Å²) in [6, 6.07) is 14.0. The van der Waals surface area contributed by atoms with E-state index >= 15 is 0 Å². The molecule has 2 aliphatic heterocycles. The molecule has 46 heavy (non-hydrogen) atoms. The third-order valence-corrected chi connectivity index (χ3v) is 9.32. The third-order valence-electron chi connectivity index (χ3n) is 7.15. The molecule has 1 atom stereocenters. The summed E-state index contributed by atoms with van der Waals surface area (Å²) in [6.07, 6.45) is 3.24. The van der Waals surface area contributed by atoms with Crippen LogP contribution in [0.25, 0.3) is 6.08 Å². The van der Waals surface area contributed by atoms with Gasteiger partial charge in [0.15, 0.2) is 27.8 Å². The predicted octanol–water partition coefficient (Wildman–Crippen LogP) is 5.65. The Morgan fingerprint density at radius 2 is 1.74 bits per heavy atom. The number of hydrogen-bond acceptors (Lipinski definition) is 10. The Labute approximate surface area is 284 Å². The Morgan fingerprint density at radius 1 is 1.00 bits per heavy atom. The summed E-state index contributed by atoms with van der Waals surface area (Å²) in [5.41, 5.74) is 2.26. The van der Waals surface area contributed by atoms with E-state index in [2.05, 4.69) is 36.9 Å². The second-order valence-corrected chi connectivity index (χ2v) is 12.8. The molecule has 0 saturated heterocycles. The SMILES string of the molecule is CCOc1ccc([C@@H]2C(C(=O)OC)=CN=c3s/c(=C\c4cc(Br)c(OCc5ccc6c(c5)OCO6)c(Br)c4)c(=O)n32)cc1OCC. The number of fused-ring (bicyclic) bond motifs is 2. The van der Waals surface area contributed by atoms with Crippen molar-refractivity contribution in [1.82, 2.24) is 4.57 Å². The number of halogens is 2. The summed E-state index contributed by atoms with van der Waals surface area (Å²) < 4.78 is 36.9. The lowest BCUT2D eigenvalue weighted by Crippen LogP contribution is -2.39. The molecule has 0 saturated carbocycles. The minimum Gasteiger partial charge on any atom is -0.490 e. The number of methoxy groups -OCH3 is 1. The van der Waals surface area contributed by atoms with Crippen molar-refractivity contribution in [2.75, 3.05) is 27.1 Å². The zero-order valence-electron chi connectivity index (χ0n) is 25.0. The van der Waals surface area contributed by atoms with Crippen LogP contribution in [0.15, 0.2) is 79.0 Å².